The lowest BCUT2D eigenvalue weighted by molar-refractivity contribution is -0.384. The van der Waals surface area contributed by atoms with Crippen molar-refractivity contribution in [2.75, 3.05) is 11.9 Å². The molecule has 1 aliphatic rings. The van der Waals surface area contributed by atoms with E-state index in [1.54, 1.807) is 47.7 Å². The number of allylic oxidation sites excluding steroid dienone is 1. The first-order valence-corrected chi connectivity index (χ1v) is 12.4. The normalized spacial score (nSPS) is 14.9. The molecule has 0 saturated heterocycles. The van der Waals surface area contributed by atoms with Crippen LogP contribution in [-0.2, 0) is 11.2 Å². The Morgan fingerprint density at radius 2 is 1.89 bits per heavy atom. The third-order valence-electron chi connectivity index (χ3n) is 5.80. The van der Waals surface area contributed by atoms with Crippen LogP contribution in [0.2, 0.25) is 0 Å². The molecule has 182 valence electrons. The number of fused-ring (bicyclic) bond motifs is 1. The Bertz CT molecular complexity index is 1280. The number of ether oxygens (including phenoxy) is 2. The SMILES string of the molecule is CCOc1ccc(OC(=O)C2=C(C)Nc3scc(CC(C)C)c3C2c2cccc([N+](=O)[O-])c2)cc1. The number of carbonyl (C=O) groups is 1. The minimum atomic E-state index is -0.497. The van der Waals surface area contributed by atoms with Crippen LogP contribution < -0.4 is 14.8 Å². The number of esters is 1. The number of nitrogens with one attached hydrogen (secondary N) is 1. The van der Waals surface area contributed by atoms with Crippen LogP contribution in [0.15, 0.2) is 65.2 Å². The van der Waals surface area contributed by atoms with Gasteiger partial charge in [0.2, 0.25) is 0 Å². The van der Waals surface area contributed by atoms with Gasteiger partial charge in [-0.05, 0) is 67.0 Å². The minimum Gasteiger partial charge on any atom is -0.494 e. The summed E-state index contributed by atoms with van der Waals surface area (Å²) in [6, 6.07) is 13.4. The zero-order valence-corrected chi connectivity index (χ0v) is 21.0. The van der Waals surface area contributed by atoms with Gasteiger partial charge < -0.3 is 14.8 Å². The van der Waals surface area contributed by atoms with Crippen LogP contribution in [0.25, 0.3) is 0 Å². The minimum absolute atomic E-state index is 0.0138. The van der Waals surface area contributed by atoms with Gasteiger partial charge in [-0.25, -0.2) is 4.79 Å². The van der Waals surface area contributed by atoms with E-state index in [0.29, 0.717) is 40.9 Å². The van der Waals surface area contributed by atoms with Crippen molar-refractivity contribution in [3.05, 3.63) is 92.0 Å². The predicted octanol–water partition coefficient (Wildman–Crippen LogP) is 6.69. The van der Waals surface area contributed by atoms with E-state index in [1.165, 1.54) is 6.07 Å². The monoisotopic (exact) mass is 492 g/mol. The third kappa shape index (κ3) is 5.22. The van der Waals surface area contributed by atoms with Crippen LogP contribution in [0.3, 0.4) is 0 Å². The van der Waals surface area contributed by atoms with Crippen molar-refractivity contribution in [2.45, 2.75) is 40.0 Å². The van der Waals surface area contributed by atoms with Crippen LogP contribution >= 0.6 is 11.3 Å². The smallest absolute Gasteiger partial charge is 0.342 e. The summed E-state index contributed by atoms with van der Waals surface area (Å²) in [7, 11) is 0. The largest absolute Gasteiger partial charge is 0.494 e. The van der Waals surface area contributed by atoms with Gasteiger partial charge in [0.15, 0.2) is 0 Å². The van der Waals surface area contributed by atoms with Crippen molar-refractivity contribution in [3.63, 3.8) is 0 Å². The maximum atomic E-state index is 13.6. The van der Waals surface area contributed by atoms with Crippen molar-refractivity contribution < 1.29 is 19.2 Å². The van der Waals surface area contributed by atoms with Gasteiger partial charge in [0, 0.05) is 29.3 Å². The Balaban J connectivity index is 1.78. The summed E-state index contributed by atoms with van der Waals surface area (Å²) in [4.78, 5) is 24.7. The molecule has 1 N–H and O–H groups in total. The fraction of sp³-hybridized carbons (Fsp3) is 0.296. The van der Waals surface area contributed by atoms with Crippen LogP contribution in [0.5, 0.6) is 11.5 Å². The van der Waals surface area contributed by atoms with E-state index in [4.69, 9.17) is 9.47 Å². The Hall–Kier alpha value is -3.65. The van der Waals surface area contributed by atoms with Crippen molar-refractivity contribution in [1.29, 1.82) is 0 Å². The molecule has 1 atom stereocenters. The third-order valence-corrected chi connectivity index (χ3v) is 6.76. The van der Waals surface area contributed by atoms with E-state index >= 15 is 0 Å². The van der Waals surface area contributed by atoms with Crippen LogP contribution in [-0.4, -0.2) is 17.5 Å². The molecule has 0 radical (unpaired) electrons. The summed E-state index contributed by atoms with van der Waals surface area (Å²) in [6.45, 7) is 8.57. The van der Waals surface area contributed by atoms with Gasteiger partial charge in [-0.2, -0.15) is 0 Å². The summed E-state index contributed by atoms with van der Waals surface area (Å²) < 4.78 is 11.2. The second-order valence-electron chi connectivity index (χ2n) is 8.84. The molecule has 0 aliphatic carbocycles. The highest BCUT2D eigenvalue weighted by atomic mass is 32.1. The van der Waals surface area contributed by atoms with Gasteiger partial charge in [0.25, 0.3) is 5.69 Å². The summed E-state index contributed by atoms with van der Waals surface area (Å²) in [5, 5.41) is 18.0. The lowest BCUT2D eigenvalue weighted by Crippen LogP contribution is -2.26. The van der Waals surface area contributed by atoms with Crippen LogP contribution in [0.1, 0.15) is 50.3 Å². The topological polar surface area (TPSA) is 90.7 Å². The zero-order chi connectivity index (χ0) is 25.1. The van der Waals surface area contributed by atoms with Gasteiger partial charge in [0.1, 0.15) is 11.5 Å². The van der Waals surface area contributed by atoms with Gasteiger partial charge >= 0.3 is 5.97 Å². The Morgan fingerprint density at radius 3 is 2.54 bits per heavy atom. The molecule has 0 spiro atoms. The first-order chi connectivity index (χ1) is 16.8. The van der Waals surface area contributed by atoms with Gasteiger partial charge in [-0.3, -0.25) is 10.1 Å². The molecule has 3 aromatic rings. The first-order valence-electron chi connectivity index (χ1n) is 11.6. The average molecular weight is 493 g/mol. The molecular formula is C27H28N2O5S. The number of hydrogen-bond acceptors (Lipinski definition) is 7. The second kappa shape index (κ2) is 10.3. The standard InChI is InChI=1S/C27H28N2O5S/c1-5-33-21-9-11-22(12-10-21)34-27(30)23-17(4)28-26-25(19(15-35-26)13-16(2)3)24(23)18-7-6-8-20(14-18)29(31)32/h6-12,14-16,24,28H,5,13H2,1-4H3. The second-order valence-corrected chi connectivity index (χ2v) is 9.72. The molecule has 8 heteroatoms. The number of anilines is 1. The molecule has 35 heavy (non-hydrogen) atoms. The van der Waals surface area contributed by atoms with E-state index < -0.39 is 16.8 Å². The molecule has 1 aliphatic heterocycles. The van der Waals surface area contributed by atoms with Crippen molar-refractivity contribution in [2.24, 2.45) is 5.92 Å². The van der Waals surface area contributed by atoms with Crippen LogP contribution in [0, 0.1) is 16.0 Å². The number of carbonyl (C=O) groups excluding carboxylic acids is 1. The summed E-state index contributed by atoms with van der Waals surface area (Å²) in [5.41, 5.74) is 3.89. The molecule has 1 aromatic heterocycles. The Labute approximate surface area is 208 Å². The number of thiophene rings is 1. The maximum Gasteiger partial charge on any atom is 0.342 e. The van der Waals surface area contributed by atoms with E-state index in [9.17, 15) is 14.9 Å². The molecule has 0 bridgehead atoms. The predicted molar refractivity (Wildman–Crippen MR) is 137 cm³/mol. The maximum absolute atomic E-state index is 13.6. The number of nitrogens with zero attached hydrogens (tertiary/aromatic N) is 1. The molecule has 4 rings (SSSR count). The quantitative estimate of drug-likeness (QED) is 0.163. The fourth-order valence-corrected chi connectivity index (χ4v) is 5.44. The number of benzene rings is 2. The number of rotatable bonds is 8. The summed E-state index contributed by atoms with van der Waals surface area (Å²) >= 11 is 1.59. The lowest BCUT2D eigenvalue weighted by Gasteiger charge is -2.29. The first kappa shape index (κ1) is 24.5. The number of nitro groups is 1. The number of nitro benzene ring substituents is 1. The summed E-state index contributed by atoms with van der Waals surface area (Å²) in [5.74, 6) is 0.517. The molecule has 0 amide bonds. The van der Waals surface area contributed by atoms with Crippen molar-refractivity contribution in [1.82, 2.24) is 0 Å². The molecule has 7 nitrogen and oxygen atoms in total. The average Bonchev–Trinajstić information content (AvgIpc) is 3.20. The van der Waals surface area contributed by atoms with Crippen molar-refractivity contribution in [3.8, 4) is 11.5 Å². The van der Waals surface area contributed by atoms with E-state index in [-0.39, 0.29) is 5.69 Å². The lowest BCUT2D eigenvalue weighted by atomic mass is 9.80. The highest BCUT2D eigenvalue weighted by molar-refractivity contribution is 7.14. The zero-order valence-electron chi connectivity index (χ0n) is 20.2. The Morgan fingerprint density at radius 1 is 1.17 bits per heavy atom. The molecular weight excluding hydrogens is 464 g/mol. The molecule has 0 fully saturated rings. The van der Waals surface area contributed by atoms with Gasteiger partial charge in [0.05, 0.1) is 22.1 Å². The molecule has 0 saturated carbocycles. The van der Waals surface area contributed by atoms with E-state index in [0.717, 1.165) is 22.5 Å². The molecule has 2 aromatic carbocycles. The number of non-ortho nitro benzene ring substituents is 1. The van der Waals surface area contributed by atoms with Crippen LogP contribution in [0.4, 0.5) is 10.7 Å². The number of hydrogen-bond donors (Lipinski definition) is 1. The highest BCUT2D eigenvalue weighted by Gasteiger charge is 2.36. The highest BCUT2D eigenvalue weighted by Crippen LogP contribution is 2.48. The van der Waals surface area contributed by atoms with Gasteiger partial charge in [-0.15, -0.1) is 11.3 Å². The fourth-order valence-electron chi connectivity index (χ4n) is 4.37. The summed E-state index contributed by atoms with van der Waals surface area (Å²) in [6.07, 6.45) is 0.833. The van der Waals surface area contributed by atoms with E-state index in [2.05, 4.69) is 24.5 Å². The molecule has 2 heterocycles. The van der Waals surface area contributed by atoms with Gasteiger partial charge in [-0.1, -0.05) is 26.0 Å². The van der Waals surface area contributed by atoms with Crippen molar-refractivity contribution >= 4 is 28.0 Å². The Kier molecular flexibility index (Phi) is 7.21. The molecule has 1 unspecified atom stereocenters. The van der Waals surface area contributed by atoms with E-state index in [1.807, 2.05) is 19.9 Å².